The summed E-state index contributed by atoms with van der Waals surface area (Å²) in [7, 11) is -3.62. The van der Waals surface area contributed by atoms with Gasteiger partial charge in [0.25, 0.3) is 5.56 Å². The van der Waals surface area contributed by atoms with Crippen LogP contribution < -0.4 is 11.2 Å². The van der Waals surface area contributed by atoms with Gasteiger partial charge in [-0.2, -0.15) is 5.26 Å². The highest BCUT2D eigenvalue weighted by molar-refractivity contribution is 7.65. The lowest BCUT2D eigenvalue weighted by molar-refractivity contribution is -0.0280. The Morgan fingerprint density at radius 3 is 2.76 bits per heavy atom. The van der Waals surface area contributed by atoms with Crippen LogP contribution >= 0.6 is 15.6 Å². The van der Waals surface area contributed by atoms with E-state index in [2.05, 4.69) is 41.2 Å². The normalized spacial score (nSPS) is 21.4. The molecule has 2 heterocycles. The van der Waals surface area contributed by atoms with E-state index in [-0.39, 0.29) is 18.6 Å². The Kier molecular flexibility index (Phi) is 10.7. The van der Waals surface area contributed by atoms with Crippen molar-refractivity contribution >= 4 is 15.6 Å². The average molecular weight is 499 g/mol. The van der Waals surface area contributed by atoms with Gasteiger partial charge in [-0.1, -0.05) is 13.0 Å². The van der Waals surface area contributed by atoms with E-state index in [1.807, 2.05) is 0 Å². The van der Waals surface area contributed by atoms with Crippen LogP contribution in [0.4, 0.5) is 0 Å². The number of nitrogens with one attached hydrogen (secondary N) is 1. The molecular weight excluding hydrogens is 464 g/mol. The van der Waals surface area contributed by atoms with Crippen LogP contribution in [0.1, 0.15) is 39.8 Å². The van der Waals surface area contributed by atoms with Crippen molar-refractivity contribution in [1.82, 2.24) is 18.9 Å². The van der Waals surface area contributed by atoms with Gasteiger partial charge in [0.05, 0.1) is 31.7 Å². The molecule has 2 rings (SSSR count). The highest BCUT2D eigenvalue weighted by Crippen LogP contribution is 2.48. The van der Waals surface area contributed by atoms with Gasteiger partial charge in [0.2, 0.25) is 0 Å². The van der Waals surface area contributed by atoms with Crippen LogP contribution in [0.5, 0.6) is 0 Å². The first-order chi connectivity index (χ1) is 15.6. The number of nitrogens with zero attached hydrogens (tertiary/aromatic N) is 4. The molecule has 0 bridgehead atoms. The molecule has 0 radical (unpaired) electrons. The first kappa shape index (κ1) is 27.7. The van der Waals surface area contributed by atoms with E-state index < -0.39 is 33.1 Å². The first-order valence-electron chi connectivity index (χ1n) is 11.1. The maximum absolute atomic E-state index is 12.5. The minimum Gasteiger partial charge on any atom is -0.349 e. The minimum atomic E-state index is -2.39. The highest BCUT2D eigenvalue weighted by atomic mass is 31.2. The molecule has 3 atom stereocenters. The van der Waals surface area contributed by atoms with E-state index in [9.17, 15) is 14.2 Å². The van der Waals surface area contributed by atoms with Crippen LogP contribution in [0.15, 0.2) is 33.7 Å². The lowest BCUT2D eigenvalue weighted by Crippen LogP contribution is -2.39. The van der Waals surface area contributed by atoms with Crippen molar-refractivity contribution in [2.75, 3.05) is 39.6 Å². The van der Waals surface area contributed by atoms with Crippen molar-refractivity contribution in [2.45, 2.75) is 52.0 Å². The van der Waals surface area contributed by atoms with Gasteiger partial charge in [-0.15, -0.1) is 0 Å². The Balaban J connectivity index is 2.43. The number of H-pyrrole nitrogens is 1. The zero-order valence-corrected chi connectivity index (χ0v) is 21.8. The zero-order valence-electron chi connectivity index (χ0n) is 20.0. The second kappa shape index (κ2) is 12.8. The summed E-state index contributed by atoms with van der Waals surface area (Å²) in [4.78, 5) is 26.4. The summed E-state index contributed by atoms with van der Waals surface area (Å²) in [5.74, 6) is 1.68. The maximum atomic E-state index is 12.5. The molecule has 10 nitrogen and oxygen atoms in total. The standard InChI is InChI=1S/C21H35N5O5P2/c1-6-26(17(2)3)32(30-14-7-11-22)24-12-8-18(10-15-33(4,5)29)31-20(16-24)25-13-9-19(27)23-21(25)28/h9-10,13,15,17-18,20H,6-8,12,14,16H2,1-5H3,(H,23,27,28)/b15-10+. The number of hydrogen-bond donors (Lipinski definition) is 1. The molecule has 1 saturated heterocycles. The van der Waals surface area contributed by atoms with E-state index in [4.69, 9.17) is 14.5 Å². The fraction of sp³-hybridized carbons (Fsp3) is 0.667. The summed E-state index contributed by atoms with van der Waals surface area (Å²) in [6.07, 6.45) is 3.08. The highest BCUT2D eigenvalue weighted by Gasteiger charge is 2.34. The van der Waals surface area contributed by atoms with Crippen molar-refractivity contribution in [3.05, 3.63) is 45.0 Å². The van der Waals surface area contributed by atoms with Crippen molar-refractivity contribution in [3.8, 4) is 6.07 Å². The molecule has 1 aliphatic heterocycles. The third-order valence-corrected chi connectivity index (χ3v) is 8.33. The van der Waals surface area contributed by atoms with Crippen LogP contribution in [-0.2, 0) is 13.8 Å². The number of nitriles is 1. The predicted octanol–water partition coefficient (Wildman–Crippen LogP) is 3.15. The molecule has 1 aliphatic rings. The van der Waals surface area contributed by atoms with Crippen LogP contribution in [0.25, 0.3) is 0 Å². The summed E-state index contributed by atoms with van der Waals surface area (Å²) in [6, 6.07) is 3.62. The molecule has 184 valence electrons. The zero-order chi connectivity index (χ0) is 24.6. The van der Waals surface area contributed by atoms with Crippen molar-refractivity contribution < 1.29 is 13.8 Å². The smallest absolute Gasteiger partial charge is 0.330 e. The second-order valence-corrected chi connectivity index (χ2v) is 13.5. The van der Waals surface area contributed by atoms with Gasteiger partial charge in [-0.3, -0.25) is 14.3 Å². The van der Waals surface area contributed by atoms with Gasteiger partial charge in [0.1, 0.15) is 7.14 Å². The minimum absolute atomic E-state index is 0.211. The van der Waals surface area contributed by atoms with Crippen LogP contribution in [-0.4, -0.2) is 70.6 Å². The third kappa shape index (κ3) is 8.60. The fourth-order valence-corrected chi connectivity index (χ4v) is 6.14. The first-order valence-corrected chi connectivity index (χ1v) is 14.9. The Labute approximate surface area is 196 Å². The lowest BCUT2D eigenvalue weighted by atomic mass is 10.2. The number of hydrogen-bond acceptors (Lipinski definition) is 8. The Morgan fingerprint density at radius 2 is 2.18 bits per heavy atom. The fourth-order valence-electron chi connectivity index (χ4n) is 3.44. The van der Waals surface area contributed by atoms with E-state index in [0.717, 1.165) is 6.54 Å². The predicted molar refractivity (Wildman–Crippen MR) is 131 cm³/mol. The molecular formula is C21H35N5O5P2. The Bertz CT molecular complexity index is 996. The Hall–Kier alpha value is -1.59. The van der Waals surface area contributed by atoms with E-state index in [0.29, 0.717) is 26.1 Å². The molecule has 1 aromatic heterocycles. The van der Waals surface area contributed by atoms with Gasteiger partial charge < -0.3 is 13.8 Å². The molecule has 1 aromatic rings. The summed E-state index contributed by atoms with van der Waals surface area (Å²) in [6.45, 7) is 11.7. The van der Waals surface area contributed by atoms with Crippen LogP contribution in [0.3, 0.4) is 0 Å². The topological polar surface area (TPSA) is 121 Å². The quantitative estimate of drug-likeness (QED) is 0.385. The number of aromatic nitrogens is 2. The van der Waals surface area contributed by atoms with Gasteiger partial charge in [0.15, 0.2) is 14.7 Å². The number of rotatable bonds is 10. The molecule has 1 N–H and O–H groups in total. The van der Waals surface area contributed by atoms with Crippen molar-refractivity contribution in [2.24, 2.45) is 0 Å². The van der Waals surface area contributed by atoms with Gasteiger partial charge in [-0.25, -0.2) is 14.1 Å². The number of ether oxygens (including phenoxy) is 1. The molecule has 0 saturated carbocycles. The summed E-state index contributed by atoms with van der Waals surface area (Å²) in [5.41, 5.74) is -1.03. The largest absolute Gasteiger partial charge is 0.349 e. The van der Waals surface area contributed by atoms with Crippen LogP contribution in [0.2, 0.25) is 0 Å². The SMILES string of the molecule is CCN(C(C)C)P(OCCC#N)N1CCC(/C=C/P(C)(C)=O)OC(n2ccc(=O)[nH]c2=O)C1. The van der Waals surface area contributed by atoms with Gasteiger partial charge >= 0.3 is 5.69 Å². The molecule has 0 spiro atoms. The molecule has 0 aliphatic carbocycles. The van der Waals surface area contributed by atoms with Gasteiger partial charge in [0, 0.05) is 31.4 Å². The lowest BCUT2D eigenvalue weighted by Gasteiger charge is -2.39. The monoisotopic (exact) mass is 499 g/mol. The maximum Gasteiger partial charge on any atom is 0.330 e. The molecule has 33 heavy (non-hydrogen) atoms. The van der Waals surface area contributed by atoms with Crippen molar-refractivity contribution in [3.63, 3.8) is 0 Å². The number of aromatic amines is 1. The summed E-state index contributed by atoms with van der Waals surface area (Å²) in [5, 5.41) is 8.98. The molecule has 1 fully saturated rings. The summed E-state index contributed by atoms with van der Waals surface area (Å²) >= 11 is 0. The van der Waals surface area contributed by atoms with E-state index in [1.165, 1.54) is 16.8 Å². The molecule has 0 aromatic carbocycles. The molecule has 3 unspecified atom stereocenters. The molecule has 0 amide bonds. The van der Waals surface area contributed by atoms with E-state index >= 15 is 0 Å². The summed E-state index contributed by atoms with van der Waals surface area (Å²) < 4.78 is 30.4. The molecule has 12 heteroatoms. The second-order valence-electron chi connectivity index (χ2n) is 8.47. The van der Waals surface area contributed by atoms with Crippen LogP contribution in [0, 0.1) is 11.3 Å². The Morgan fingerprint density at radius 1 is 1.45 bits per heavy atom. The van der Waals surface area contributed by atoms with Gasteiger partial charge in [-0.05, 0) is 39.4 Å². The van der Waals surface area contributed by atoms with Crippen molar-refractivity contribution in [1.29, 1.82) is 5.26 Å². The average Bonchev–Trinajstić information content (AvgIpc) is 2.93. The third-order valence-electron chi connectivity index (χ3n) is 4.99. The van der Waals surface area contributed by atoms with E-state index in [1.54, 1.807) is 25.2 Å².